The molecule has 0 bridgehead atoms. The predicted molar refractivity (Wildman–Crippen MR) is 123 cm³/mol. The SMILES string of the molecule is CC(C)Nc1cc(C2C[C@H]2c2cc(-c3c[nH]c(=O)[nH]c3=O)nn3ccnc23)ccc1C=N. The zero-order valence-electron chi connectivity index (χ0n) is 17.7. The van der Waals surface area contributed by atoms with Crippen LogP contribution < -0.4 is 16.6 Å². The van der Waals surface area contributed by atoms with E-state index >= 15 is 0 Å². The number of imidazole rings is 1. The minimum atomic E-state index is -0.552. The quantitative estimate of drug-likeness (QED) is 0.350. The van der Waals surface area contributed by atoms with E-state index in [1.54, 1.807) is 16.9 Å². The Bertz CT molecular complexity index is 1450. The molecule has 1 aromatic carbocycles. The molecule has 4 N–H and O–H groups in total. The molecule has 3 aromatic heterocycles. The highest BCUT2D eigenvalue weighted by Gasteiger charge is 2.41. The molecular formula is C23H23N7O2. The molecule has 3 heterocycles. The van der Waals surface area contributed by atoms with Crippen molar-refractivity contribution in [2.45, 2.75) is 38.1 Å². The summed E-state index contributed by atoms with van der Waals surface area (Å²) in [5.74, 6) is 0.549. The maximum absolute atomic E-state index is 12.3. The molecule has 9 nitrogen and oxygen atoms in total. The van der Waals surface area contributed by atoms with Gasteiger partial charge in [-0.3, -0.25) is 9.78 Å². The highest BCUT2D eigenvalue weighted by molar-refractivity contribution is 5.86. The fourth-order valence-corrected chi connectivity index (χ4v) is 4.22. The van der Waals surface area contributed by atoms with Gasteiger partial charge in [-0.05, 0) is 49.8 Å². The number of aromatic nitrogens is 5. The molecule has 1 fully saturated rings. The van der Waals surface area contributed by atoms with E-state index < -0.39 is 11.2 Å². The maximum Gasteiger partial charge on any atom is 0.325 e. The van der Waals surface area contributed by atoms with Crippen LogP contribution in [-0.4, -0.2) is 36.8 Å². The highest BCUT2D eigenvalue weighted by atomic mass is 16.2. The number of hydrogen-bond donors (Lipinski definition) is 4. The first-order valence-electron chi connectivity index (χ1n) is 10.5. The monoisotopic (exact) mass is 429 g/mol. The van der Waals surface area contributed by atoms with E-state index in [9.17, 15) is 9.59 Å². The molecule has 5 rings (SSSR count). The van der Waals surface area contributed by atoms with Crippen LogP contribution in [0, 0.1) is 5.41 Å². The largest absolute Gasteiger partial charge is 0.382 e. The van der Waals surface area contributed by atoms with Crippen molar-refractivity contribution < 1.29 is 0 Å². The van der Waals surface area contributed by atoms with Crippen LogP contribution in [0.4, 0.5) is 5.69 Å². The third-order valence-corrected chi connectivity index (χ3v) is 5.78. The summed E-state index contributed by atoms with van der Waals surface area (Å²) in [5, 5.41) is 15.6. The first kappa shape index (κ1) is 19.9. The summed E-state index contributed by atoms with van der Waals surface area (Å²) in [4.78, 5) is 33.0. The Labute approximate surface area is 183 Å². The molecule has 0 amide bonds. The molecule has 0 saturated heterocycles. The number of benzene rings is 1. The van der Waals surface area contributed by atoms with Crippen LogP contribution in [-0.2, 0) is 0 Å². The minimum absolute atomic E-state index is 0.237. The first-order valence-corrected chi connectivity index (χ1v) is 10.5. The number of nitrogens with one attached hydrogen (secondary N) is 4. The molecule has 1 aliphatic carbocycles. The Morgan fingerprint density at radius 3 is 2.84 bits per heavy atom. The molecule has 0 spiro atoms. The lowest BCUT2D eigenvalue weighted by molar-refractivity contribution is 0.896. The number of H-pyrrole nitrogens is 2. The summed E-state index contributed by atoms with van der Waals surface area (Å²) < 4.78 is 1.68. The lowest BCUT2D eigenvalue weighted by Crippen LogP contribution is -2.23. The van der Waals surface area contributed by atoms with Gasteiger partial charge in [0.2, 0.25) is 0 Å². The Morgan fingerprint density at radius 1 is 1.25 bits per heavy atom. The van der Waals surface area contributed by atoms with E-state index in [0.717, 1.165) is 28.9 Å². The Kier molecular flexibility index (Phi) is 4.73. The molecule has 162 valence electrons. The summed E-state index contributed by atoms with van der Waals surface area (Å²) in [6.45, 7) is 4.15. The van der Waals surface area contributed by atoms with Crippen LogP contribution in [0.5, 0.6) is 0 Å². The number of anilines is 1. The summed E-state index contributed by atoms with van der Waals surface area (Å²) in [6, 6.07) is 8.35. The van der Waals surface area contributed by atoms with Crippen LogP contribution in [0.1, 0.15) is 48.8 Å². The standard InChI is InChI=1S/C23H23N7O2/c1-12(2)27-19-7-13(3-4-14(19)10-24)15-8-16(15)17-9-20(29-30-6-5-25-21(17)30)18-11-26-23(32)28-22(18)31/h3-7,9-12,15-16,24,27H,8H2,1-2H3,(H2,26,28,31,32)/t15?,16-/m1/s1. The number of fused-ring (bicyclic) bond motifs is 1. The van der Waals surface area contributed by atoms with Crippen LogP contribution >= 0.6 is 0 Å². The number of hydrogen-bond acceptors (Lipinski definition) is 6. The van der Waals surface area contributed by atoms with Gasteiger partial charge in [0.05, 0.1) is 11.3 Å². The number of aromatic amines is 2. The topological polar surface area (TPSA) is 132 Å². The van der Waals surface area contributed by atoms with Crippen molar-refractivity contribution in [2.24, 2.45) is 0 Å². The lowest BCUT2D eigenvalue weighted by atomic mass is 10.0. The molecule has 0 aliphatic heterocycles. The van der Waals surface area contributed by atoms with Crippen molar-refractivity contribution >= 4 is 17.5 Å². The summed E-state index contributed by atoms with van der Waals surface area (Å²) >= 11 is 0. The molecular weight excluding hydrogens is 406 g/mol. The van der Waals surface area contributed by atoms with E-state index in [2.05, 4.69) is 51.3 Å². The normalized spacial score (nSPS) is 17.6. The molecule has 4 aromatic rings. The zero-order valence-corrected chi connectivity index (χ0v) is 17.7. The fraction of sp³-hybridized carbons (Fsp3) is 0.261. The van der Waals surface area contributed by atoms with Gasteiger partial charge in [0, 0.05) is 47.7 Å². The summed E-state index contributed by atoms with van der Waals surface area (Å²) in [7, 11) is 0. The Morgan fingerprint density at radius 2 is 2.09 bits per heavy atom. The van der Waals surface area contributed by atoms with Crippen molar-refractivity contribution in [1.29, 1.82) is 5.41 Å². The van der Waals surface area contributed by atoms with Crippen LogP contribution in [0.2, 0.25) is 0 Å². The van der Waals surface area contributed by atoms with E-state index in [1.807, 2.05) is 12.1 Å². The smallest absolute Gasteiger partial charge is 0.325 e. The molecule has 2 atom stereocenters. The molecule has 0 radical (unpaired) electrons. The van der Waals surface area contributed by atoms with Gasteiger partial charge in [-0.25, -0.2) is 14.3 Å². The van der Waals surface area contributed by atoms with Gasteiger partial charge in [-0.2, -0.15) is 5.10 Å². The first-order chi connectivity index (χ1) is 15.4. The number of nitrogens with zero attached hydrogens (tertiary/aromatic N) is 3. The molecule has 32 heavy (non-hydrogen) atoms. The number of rotatable bonds is 6. The molecule has 1 aliphatic rings. The second-order valence-corrected chi connectivity index (χ2v) is 8.40. The van der Waals surface area contributed by atoms with Crippen molar-refractivity contribution in [2.75, 3.05) is 5.32 Å². The van der Waals surface area contributed by atoms with E-state index in [1.165, 1.54) is 18.0 Å². The van der Waals surface area contributed by atoms with Crippen molar-refractivity contribution in [1.82, 2.24) is 24.6 Å². The van der Waals surface area contributed by atoms with Crippen LogP contribution in [0.25, 0.3) is 16.9 Å². The molecule has 1 saturated carbocycles. The Hall–Kier alpha value is -4.01. The third-order valence-electron chi connectivity index (χ3n) is 5.78. The molecule has 9 heteroatoms. The van der Waals surface area contributed by atoms with Gasteiger partial charge < -0.3 is 15.7 Å². The van der Waals surface area contributed by atoms with Gasteiger partial charge in [-0.1, -0.05) is 12.1 Å². The zero-order chi connectivity index (χ0) is 22.4. The second-order valence-electron chi connectivity index (χ2n) is 8.40. The van der Waals surface area contributed by atoms with Crippen LogP contribution in [0.3, 0.4) is 0 Å². The van der Waals surface area contributed by atoms with Gasteiger partial charge in [0.1, 0.15) is 0 Å². The Balaban J connectivity index is 1.54. The van der Waals surface area contributed by atoms with Gasteiger partial charge in [0.15, 0.2) is 5.65 Å². The van der Waals surface area contributed by atoms with Gasteiger partial charge in [0.25, 0.3) is 5.56 Å². The van der Waals surface area contributed by atoms with Crippen molar-refractivity contribution in [3.05, 3.63) is 80.4 Å². The summed E-state index contributed by atoms with van der Waals surface area (Å²) in [6.07, 6.45) is 7.15. The average Bonchev–Trinajstić information content (AvgIpc) is 3.41. The lowest BCUT2D eigenvalue weighted by Gasteiger charge is -2.14. The van der Waals surface area contributed by atoms with E-state index in [-0.39, 0.29) is 12.0 Å². The van der Waals surface area contributed by atoms with E-state index in [0.29, 0.717) is 17.2 Å². The second kappa shape index (κ2) is 7.60. The van der Waals surface area contributed by atoms with Crippen LogP contribution in [0.15, 0.2) is 52.4 Å². The molecule has 1 unspecified atom stereocenters. The average molecular weight is 429 g/mol. The van der Waals surface area contributed by atoms with E-state index in [4.69, 9.17) is 5.41 Å². The fourth-order valence-electron chi connectivity index (χ4n) is 4.22. The minimum Gasteiger partial charge on any atom is -0.382 e. The van der Waals surface area contributed by atoms with Gasteiger partial charge >= 0.3 is 5.69 Å². The van der Waals surface area contributed by atoms with Crippen molar-refractivity contribution in [3.63, 3.8) is 0 Å². The maximum atomic E-state index is 12.3. The van der Waals surface area contributed by atoms with Gasteiger partial charge in [-0.15, -0.1) is 0 Å². The summed E-state index contributed by atoms with van der Waals surface area (Å²) in [5.41, 5.74) is 4.55. The van der Waals surface area contributed by atoms with Crippen molar-refractivity contribution in [3.8, 4) is 11.3 Å². The predicted octanol–water partition coefficient (Wildman–Crippen LogP) is 2.86. The third kappa shape index (κ3) is 3.51. The highest BCUT2D eigenvalue weighted by Crippen LogP contribution is 2.56.